The predicted octanol–water partition coefficient (Wildman–Crippen LogP) is 2.92. The van der Waals surface area contributed by atoms with E-state index in [0.717, 1.165) is 6.08 Å². The van der Waals surface area contributed by atoms with Crippen LogP contribution in [-0.2, 0) is 11.3 Å². The fourth-order valence-electron chi connectivity index (χ4n) is 1.67. The van der Waals surface area contributed by atoms with Crippen LogP contribution in [0.25, 0.3) is 6.08 Å². The number of carboxylic acids is 1. The van der Waals surface area contributed by atoms with Gasteiger partial charge in [0.1, 0.15) is 5.82 Å². The summed E-state index contributed by atoms with van der Waals surface area (Å²) in [5, 5.41) is 13.0. The predicted molar refractivity (Wildman–Crippen MR) is 78.6 cm³/mol. The highest BCUT2D eigenvalue weighted by Gasteiger charge is 2.08. The van der Waals surface area contributed by atoms with Crippen molar-refractivity contribution in [3.8, 4) is 0 Å². The Bertz CT molecular complexity index is 680. The molecule has 4 nitrogen and oxygen atoms in total. The van der Waals surface area contributed by atoms with Crippen LogP contribution in [0, 0.1) is 5.82 Å². The summed E-state index contributed by atoms with van der Waals surface area (Å²) in [7, 11) is 0. The summed E-state index contributed by atoms with van der Waals surface area (Å²) in [5.41, 5.74) is 0.853. The van der Waals surface area contributed by atoms with Gasteiger partial charge >= 0.3 is 5.97 Å². The molecule has 1 aromatic carbocycles. The molecule has 1 heterocycles. The monoisotopic (exact) mass is 305 g/mol. The first kappa shape index (κ1) is 14.9. The Balaban J connectivity index is 2.07. The molecule has 0 fully saturated rings. The molecule has 0 bridgehead atoms. The van der Waals surface area contributed by atoms with Crippen LogP contribution in [0.2, 0.25) is 0 Å². The first-order valence-corrected chi connectivity index (χ1v) is 6.95. The molecule has 108 valence electrons. The third kappa shape index (κ3) is 4.25. The largest absolute Gasteiger partial charge is 0.478 e. The van der Waals surface area contributed by atoms with Gasteiger partial charge in [0.05, 0.1) is 4.88 Å². The minimum Gasteiger partial charge on any atom is -0.478 e. The van der Waals surface area contributed by atoms with Gasteiger partial charge < -0.3 is 10.4 Å². The average molecular weight is 305 g/mol. The van der Waals surface area contributed by atoms with Gasteiger partial charge in [-0.05, 0) is 35.2 Å². The maximum atomic E-state index is 13.7. The number of benzene rings is 1. The molecule has 0 aliphatic rings. The molecule has 0 atom stereocenters. The molecule has 0 spiro atoms. The molecule has 2 N–H and O–H groups in total. The third-order valence-corrected chi connectivity index (χ3v) is 3.54. The summed E-state index contributed by atoms with van der Waals surface area (Å²) in [6.07, 6.45) is 2.34. The van der Waals surface area contributed by atoms with Crippen molar-refractivity contribution < 1.29 is 19.1 Å². The zero-order valence-electron chi connectivity index (χ0n) is 10.9. The van der Waals surface area contributed by atoms with Crippen molar-refractivity contribution in [3.63, 3.8) is 0 Å². The number of hydrogen-bond acceptors (Lipinski definition) is 3. The molecular formula is C15H12FNO3S. The second-order valence-corrected chi connectivity index (χ2v) is 5.13. The summed E-state index contributed by atoms with van der Waals surface area (Å²) in [6.45, 7) is 0.0390. The lowest BCUT2D eigenvalue weighted by molar-refractivity contribution is -0.131. The van der Waals surface area contributed by atoms with Crippen LogP contribution in [0.15, 0.2) is 41.8 Å². The smallest absolute Gasteiger partial charge is 0.328 e. The molecule has 0 saturated carbocycles. The van der Waals surface area contributed by atoms with E-state index in [1.165, 1.54) is 35.6 Å². The van der Waals surface area contributed by atoms with Crippen molar-refractivity contribution in [1.82, 2.24) is 5.32 Å². The van der Waals surface area contributed by atoms with Gasteiger partial charge in [0.15, 0.2) is 0 Å². The Kier molecular flexibility index (Phi) is 4.84. The van der Waals surface area contributed by atoms with E-state index in [-0.39, 0.29) is 12.5 Å². The number of amides is 1. The number of thiophene rings is 1. The molecule has 21 heavy (non-hydrogen) atoms. The SMILES string of the molecule is O=C(O)C=Cc1ccc(F)c(CNC(=O)c2cccs2)c1. The quantitative estimate of drug-likeness (QED) is 0.835. The summed E-state index contributed by atoms with van der Waals surface area (Å²) >= 11 is 1.30. The number of hydrogen-bond donors (Lipinski definition) is 2. The first-order chi connectivity index (χ1) is 10.1. The standard InChI is InChI=1S/C15H12FNO3S/c16-12-5-3-10(4-6-14(18)19)8-11(12)9-17-15(20)13-2-1-7-21-13/h1-8H,9H2,(H,17,20)(H,18,19). The van der Waals surface area contributed by atoms with Gasteiger partial charge in [0.2, 0.25) is 0 Å². The molecular weight excluding hydrogens is 293 g/mol. The van der Waals surface area contributed by atoms with Crippen molar-refractivity contribution in [2.75, 3.05) is 0 Å². The summed E-state index contributed by atoms with van der Waals surface area (Å²) in [4.78, 5) is 22.8. The van der Waals surface area contributed by atoms with E-state index in [1.54, 1.807) is 17.5 Å². The molecule has 0 unspecified atom stereocenters. The lowest BCUT2D eigenvalue weighted by Crippen LogP contribution is -2.22. The highest BCUT2D eigenvalue weighted by atomic mass is 32.1. The number of rotatable bonds is 5. The van der Waals surface area contributed by atoms with Crippen LogP contribution >= 0.6 is 11.3 Å². The molecule has 0 aliphatic heterocycles. The highest BCUT2D eigenvalue weighted by Crippen LogP contribution is 2.13. The van der Waals surface area contributed by atoms with E-state index in [4.69, 9.17) is 5.11 Å². The zero-order valence-corrected chi connectivity index (χ0v) is 11.7. The van der Waals surface area contributed by atoms with Gasteiger partial charge in [0, 0.05) is 18.2 Å². The first-order valence-electron chi connectivity index (χ1n) is 6.07. The molecule has 0 saturated heterocycles. The summed E-state index contributed by atoms with van der Waals surface area (Å²) in [6, 6.07) is 7.66. The topological polar surface area (TPSA) is 66.4 Å². The lowest BCUT2D eigenvalue weighted by atomic mass is 10.1. The fourth-order valence-corrected chi connectivity index (χ4v) is 2.31. The minimum atomic E-state index is -1.08. The fraction of sp³-hybridized carbons (Fsp3) is 0.0667. The number of carbonyl (C=O) groups excluding carboxylic acids is 1. The van der Waals surface area contributed by atoms with Gasteiger partial charge in [-0.15, -0.1) is 11.3 Å². The Morgan fingerprint density at radius 2 is 2.14 bits per heavy atom. The molecule has 6 heteroatoms. The Hall–Kier alpha value is -2.47. The van der Waals surface area contributed by atoms with Crippen molar-refractivity contribution in [3.05, 3.63) is 63.6 Å². The van der Waals surface area contributed by atoms with E-state index in [0.29, 0.717) is 16.0 Å². The van der Waals surface area contributed by atoms with Crippen molar-refractivity contribution >= 4 is 29.3 Å². The van der Waals surface area contributed by atoms with Crippen LogP contribution in [0.3, 0.4) is 0 Å². The number of aliphatic carboxylic acids is 1. The number of carboxylic acid groups (broad SMARTS) is 1. The molecule has 2 aromatic rings. The van der Waals surface area contributed by atoms with Gasteiger partial charge in [-0.2, -0.15) is 0 Å². The molecule has 1 aromatic heterocycles. The molecule has 0 aliphatic carbocycles. The summed E-state index contributed by atoms with van der Waals surface area (Å²) in [5.74, 6) is -1.79. The molecule has 2 rings (SSSR count). The van der Waals surface area contributed by atoms with E-state index >= 15 is 0 Å². The van der Waals surface area contributed by atoms with Crippen LogP contribution < -0.4 is 5.32 Å². The maximum absolute atomic E-state index is 13.7. The Labute approximate surface area is 124 Å². The van der Waals surface area contributed by atoms with Crippen LogP contribution in [0.5, 0.6) is 0 Å². The van der Waals surface area contributed by atoms with E-state index in [1.807, 2.05) is 0 Å². The lowest BCUT2D eigenvalue weighted by Gasteiger charge is -2.06. The van der Waals surface area contributed by atoms with Gasteiger partial charge in [-0.1, -0.05) is 12.1 Å². The van der Waals surface area contributed by atoms with Crippen molar-refractivity contribution in [2.45, 2.75) is 6.54 Å². The van der Waals surface area contributed by atoms with Gasteiger partial charge in [0.25, 0.3) is 5.91 Å². The Morgan fingerprint density at radius 3 is 2.81 bits per heavy atom. The van der Waals surface area contributed by atoms with Crippen molar-refractivity contribution in [2.24, 2.45) is 0 Å². The van der Waals surface area contributed by atoms with Crippen LogP contribution in [0.4, 0.5) is 4.39 Å². The van der Waals surface area contributed by atoms with Gasteiger partial charge in [-0.3, -0.25) is 4.79 Å². The molecule has 1 amide bonds. The van der Waals surface area contributed by atoms with Crippen LogP contribution in [-0.4, -0.2) is 17.0 Å². The van der Waals surface area contributed by atoms with Crippen LogP contribution in [0.1, 0.15) is 20.8 Å². The van der Waals surface area contributed by atoms with E-state index in [2.05, 4.69) is 5.32 Å². The number of carbonyl (C=O) groups is 2. The van der Waals surface area contributed by atoms with E-state index < -0.39 is 11.8 Å². The van der Waals surface area contributed by atoms with Gasteiger partial charge in [-0.25, -0.2) is 9.18 Å². The second kappa shape index (κ2) is 6.81. The number of nitrogens with one attached hydrogen (secondary N) is 1. The Morgan fingerprint density at radius 1 is 1.33 bits per heavy atom. The zero-order chi connectivity index (χ0) is 15.2. The van der Waals surface area contributed by atoms with Crippen molar-refractivity contribution in [1.29, 1.82) is 0 Å². The molecule has 0 radical (unpaired) electrons. The minimum absolute atomic E-state index is 0.0390. The highest BCUT2D eigenvalue weighted by molar-refractivity contribution is 7.12. The second-order valence-electron chi connectivity index (χ2n) is 4.18. The average Bonchev–Trinajstić information content (AvgIpc) is 2.98. The number of halogens is 1. The van der Waals surface area contributed by atoms with E-state index in [9.17, 15) is 14.0 Å². The maximum Gasteiger partial charge on any atom is 0.328 e. The third-order valence-electron chi connectivity index (χ3n) is 2.67. The summed E-state index contributed by atoms with van der Waals surface area (Å²) < 4.78 is 13.7. The normalized spacial score (nSPS) is 10.7.